The molecular formula is C16H16N2O2. The molecule has 2 heterocycles. The summed E-state index contributed by atoms with van der Waals surface area (Å²) in [5.41, 5.74) is 0.641. The van der Waals surface area contributed by atoms with Gasteiger partial charge in [-0.05, 0) is 24.3 Å². The van der Waals surface area contributed by atoms with Crippen molar-refractivity contribution < 1.29 is 9.53 Å². The maximum absolute atomic E-state index is 10.8. The Kier molecular flexibility index (Phi) is 3.63. The van der Waals surface area contributed by atoms with E-state index < -0.39 is 0 Å². The molecule has 4 nitrogen and oxygen atoms in total. The summed E-state index contributed by atoms with van der Waals surface area (Å²) in [6, 6.07) is 13.2. The number of carbonyl (C=O) groups excluding carboxylic acids is 1. The van der Waals surface area contributed by atoms with E-state index in [1.165, 1.54) is 0 Å². The number of nitrogens with zero attached hydrogens (tertiary/aromatic N) is 2. The molecule has 1 fully saturated rings. The highest BCUT2D eigenvalue weighted by molar-refractivity contribution is 5.75. The van der Waals surface area contributed by atoms with Gasteiger partial charge in [-0.15, -0.1) is 0 Å². The summed E-state index contributed by atoms with van der Waals surface area (Å²) in [5, 5.41) is 0. The van der Waals surface area contributed by atoms with E-state index in [9.17, 15) is 4.79 Å². The van der Waals surface area contributed by atoms with Crippen LogP contribution in [0.15, 0.2) is 48.7 Å². The largest absolute Gasteiger partial charge is 0.488 e. The fourth-order valence-electron chi connectivity index (χ4n) is 2.43. The first-order chi connectivity index (χ1) is 9.85. The average molecular weight is 268 g/mol. The van der Waals surface area contributed by atoms with Gasteiger partial charge in [0.15, 0.2) is 0 Å². The highest BCUT2D eigenvalue weighted by atomic mass is 16.5. The number of anilines is 1. The van der Waals surface area contributed by atoms with Gasteiger partial charge in [0.05, 0.1) is 6.54 Å². The van der Waals surface area contributed by atoms with Crippen molar-refractivity contribution in [3.05, 3.63) is 54.2 Å². The third-order valence-electron chi connectivity index (χ3n) is 3.42. The quantitative estimate of drug-likeness (QED) is 0.799. The van der Waals surface area contributed by atoms with Crippen molar-refractivity contribution in [2.75, 3.05) is 18.0 Å². The average Bonchev–Trinajstić information content (AvgIpc) is 2.97. The van der Waals surface area contributed by atoms with Crippen molar-refractivity contribution in [2.45, 2.75) is 12.5 Å². The molecule has 102 valence electrons. The van der Waals surface area contributed by atoms with Crippen molar-refractivity contribution in [3.63, 3.8) is 0 Å². The molecule has 3 rings (SSSR count). The lowest BCUT2D eigenvalue weighted by atomic mass is 10.2. The standard InChI is InChI=1S/C16H16N2O2/c19-12-13-4-3-5-14(10-13)20-15-7-9-18(11-15)16-6-1-2-8-17-16/h1-6,8,10,12,15H,7,9,11H2/t15-/m0/s1. The number of hydrogen-bond acceptors (Lipinski definition) is 4. The second kappa shape index (κ2) is 5.74. The second-order valence-corrected chi connectivity index (χ2v) is 4.85. The van der Waals surface area contributed by atoms with Crippen LogP contribution in [0.5, 0.6) is 5.75 Å². The lowest BCUT2D eigenvalue weighted by molar-refractivity contribution is 0.112. The van der Waals surface area contributed by atoms with Crippen LogP contribution in [0.2, 0.25) is 0 Å². The van der Waals surface area contributed by atoms with Gasteiger partial charge in [-0.3, -0.25) is 4.79 Å². The first kappa shape index (κ1) is 12.7. The van der Waals surface area contributed by atoms with Gasteiger partial charge in [0.1, 0.15) is 24.0 Å². The van der Waals surface area contributed by atoms with E-state index in [1.54, 1.807) is 18.3 Å². The summed E-state index contributed by atoms with van der Waals surface area (Å²) in [7, 11) is 0. The van der Waals surface area contributed by atoms with Crippen molar-refractivity contribution in [1.29, 1.82) is 0 Å². The summed E-state index contributed by atoms with van der Waals surface area (Å²) >= 11 is 0. The third-order valence-corrected chi connectivity index (χ3v) is 3.42. The van der Waals surface area contributed by atoms with E-state index in [-0.39, 0.29) is 6.10 Å². The van der Waals surface area contributed by atoms with Gasteiger partial charge in [0, 0.05) is 24.7 Å². The number of benzene rings is 1. The van der Waals surface area contributed by atoms with Gasteiger partial charge < -0.3 is 9.64 Å². The number of pyridine rings is 1. The van der Waals surface area contributed by atoms with Crippen LogP contribution in [0, 0.1) is 0 Å². The number of ether oxygens (including phenoxy) is 1. The lowest BCUT2D eigenvalue weighted by Crippen LogP contribution is -2.25. The fraction of sp³-hybridized carbons (Fsp3) is 0.250. The molecule has 1 aliphatic rings. The zero-order valence-electron chi connectivity index (χ0n) is 11.1. The Morgan fingerprint density at radius 3 is 3.00 bits per heavy atom. The van der Waals surface area contributed by atoms with Crippen LogP contribution < -0.4 is 9.64 Å². The predicted molar refractivity (Wildman–Crippen MR) is 77.3 cm³/mol. The third kappa shape index (κ3) is 2.79. The highest BCUT2D eigenvalue weighted by Gasteiger charge is 2.24. The van der Waals surface area contributed by atoms with Crippen molar-refractivity contribution in [3.8, 4) is 5.75 Å². The van der Waals surface area contributed by atoms with Gasteiger partial charge in [-0.1, -0.05) is 18.2 Å². The molecule has 0 unspecified atom stereocenters. The maximum Gasteiger partial charge on any atom is 0.150 e. The molecule has 0 aliphatic carbocycles. The molecule has 0 N–H and O–H groups in total. The minimum atomic E-state index is 0.138. The molecule has 1 saturated heterocycles. The van der Waals surface area contributed by atoms with E-state index >= 15 is 0 Å². The number of hydrogen-bond donors (Lipinski definition) is 0. The maximum atomic E-state index is 10.8. The van der Waals surface area contributed by atoms with E-state index in [1.807, 2.05) is 30.3 Å². The number of aldehydes is 1. The summed E-state index contributed by atoms with van der Waals surface area (Å²) in [5.74, 6) is 1.74. The van der Waals surface area contributed by atoms with Gasteiger partial charge in [-0.2, -0.15) is 0 Å². The Labute approximate surface area is 118 Å². The zero-order chi connectivity index (χ0) is 13.8. The number of carbonyl (C=O) groups is 1. The van der Waals surface area contributed by atoms with Crippen LogP contribution in [0.25, 0.3) is 0 Å². The molecule has 1 aromatic carbocycles. The van der Waals surface area contributed by atoms with Crippen molar-refractivity contribution in [2.24, 2.45) is 0 Å². The van der Waals surface area contributed by atoms with Gasteiger partial charge in [-0.25, -0.2) is 4.98 Å². The van der Waals surface area contributed by atoms with Crippen LogP contribution in [0.1, 0.15) is 16.8 Å². The molecule has 1 aliphatic heterocycles. The van der Waals surface area contributed by atoms with Crippen LogP contribution >= 0.6 is 0 Å². The first-order valence-corrected chi connectivity index (χ1v) is 6.73. The Bertz CT molecular complexity index is 586. The summed E-state index contributed by atoms with van der Waals surface area (Å²) in [4.78, 5) is 17.3. The molecular weight excluding hydrogens is 252 g/mol. The normalized spacial score (nSPS) is 18.0. The predicted octanol–water partition coefficient (Wildman–Crippen LogP) is 2.55. The number of aromatic nitrogens is 1. The second-order valence-electron chi connectivity index (χ2n) is 4.85. The summed E-state index contributed by atoms with van der Waals surface area (Å²) < 4.78 is 5.94. The molecule has 0 amide bonds. The monoisotopic (exact) mass is 268 g/mol. The molecule has 0 spiro atoms. The minimum Gasteiger partial charge on any atom is -0.488 e. The van der Waals surface area contributed by atoms with Crippen molar-refractivity contribution in [1.82, 2.24) is 4.98 Å². The summed E-state index contributed by atoms with van der Waals surface area (Å²) in [6.45, 7) is 1.76. The molecule has 1 atom stereocenters. The molecule has 0 bridgehead atoms. The topological polar surface area (TPSA) is 42.4 Å². The SMILES string of the molecule is O=Cc1cccc(O[C@H]2CCN(c3ccccn3)C2)c1. The van der Waals surface area contributed by atoms with Crippen LogP contribution in [-0.2, 0) is 0 Å². The Morgan fingerprint density at radius 1 is 1.25 bits per heavy atom. The van der Waals surface area contributed by atoms with Crippen LogP contribution in [0.3, 0.4) is 0 Å². The molecule has 20 heavy (non-hydrogen) atoms. The Hall–Kier alpha value is -2.36. The highest BCUT2D eigenvalue weighted by Crippen LogP contribution is 2.22. The minimum absolute atomic E-state index is 0.138. The fourth-order valence-corrected chi connectivity index (χ4v) is 2.43. The van der Waals surface area contributed by atoms with Gasteiger partial charge >= 0.3 is 0 Å². The lowest BCUT2D eigenvalue weighted by Gasteiger charge is -2.17. The van der Waals surface area contributed by atoms with E-state index in [0.29, 0.717) is 5.56 Å². The van der Waals surface area contributed by atoms with E-state index in [2.05, 4.69) is 9.88 Å². The molecule has 0 saturated carbocycles. The smallest absolute Gasteiger partial charge is 0.150 e. The van der Waals surface area contributed by atoms with Gasteiger partial charge in [0.25, 0.3) is 0 Å². The van der Waals surface area contributed by atoms with Crippen LogP contribution in [-0.4, -0.2) is 30.5 Å². The molecule has 1 aromatic heterocycles. The zero-order valence-corrected chi connectivity index (χ0v) is 11.1. The van der Waals surface area contributed by atoms with E-state index in [0.717, 1.165) is 37.4 Å². The van der Waals surface area contributed by atoms with Crippen LogP contribution in [0.4, 0.5) is 5.82 Å². The summed E-state index contributed by atoms with van der Waals surface area (Å²) in [6.07, 6.45) is 3.74. The number of rotatable bonds is 4. The van der Waals surface area contributed by atoms with E-state index in [4.69, 9.17) is 4.74 Å². The molecule has 0 radical (unpaired) electrons. The van der Waals surface area contributed by atoms with Crippen molar-refractivity contribution >= 4 is 12.1 Å². The molecule has 2 aromatic rings. The first-order valence-electron chi connectivity index (χ1n) is 6.73. The Balaban J connectivity index is 1.64. The Morgan fingerprint density at radius 2 is 2.20 bits per heavy atom. The van der Waals surface area contributed by atoms with Gasteiger partial charge in [0.2, 0.25) is 0 Å². The molecule has 4 heteroatoms.